The summed E-state index contributed by atoms with van der Waals surface area (Å²) in [5.74, 6) is 0.665. The maximum Gasteiger partial charge on any atom is 0.341 e. The van der Waals surface area contributed by atoms with E-state index in [2.05, 4.69) is 39.1 Å². The van der Waals surface area contributed by atoms with Gasteiger partial charge in [0.1, 0.15) is 16.3 Å². The molecule has 0 spiro atoms. The first-order valence-electron chi connectivity index (χ1n) is 11.7. The van der Waals surface area contributed by atoms with Gasteiger partial charge in [0, 0.05) is 17.4 Å². The highest BCUT2D eigenvalue weighted by molar-refractivity contribution is 7.15. The number of amides is 1. The molecule has 0 aliphatic carbocycles. The third-order valence-corrected chi connectivity index (χ3v) is 6.68. The van der Waals surface area contributed by atoms with Gasteiger partial charge in [0.15, 0.2) is 0 Å². The molecule has 1 aromatic heterocycles. The largest absolute Gasteiger partial charge is 0.494 e. The van der Waals surface area contributed by atoms with Gasteiger partial charge in [0.05, 0.1) is 13.7 Å². The Bertz CT molecular complexity index is 1130. The molecule has 3 aromatic rings. The molecule has 2 aromatic carbocycles. The number of benzene rings is 2. The summed E-state index contributed by atoms with van der Waals surface area (Å²) in [5.41, 5.74) is 5.81. The lowest BCUT2D eigenvalue weighted by Crippen LogP contribution is -2.15. The molecule has 0 aliphatic rings. The molecule has 1 N–H and O–H groups in total. The van der Waals surface area contributed by atoms with Crippen molar-refractivity contribution >= 4 is 28.2 Å². The quantitative estimate of drug-likeness (QED) is 0.251. The average Bonchev–Trinajstić information content (AvgIpc) is 3.24. The number of thiophene rings is 1. The van der Waals surface area contributed by atoms with Gasteiger partial charge in [-0.05, 0) is 60.1 Å². The van der Waals surface area contributed by atoms with Gasteiger partial charge < -0.3 is 14.8 Å². The summed E-state index contributed by atoms with van der Waals surface area (Å²) < 4.78 is 10.8. The zero-order valence-corrected chi connectivity index (χ0v) is 21.4. The van der Waals surface area contributed by atoms with Crippen LogP contribution in [0.25, 0.3) is 11.1 Å². The number of carbonyl (C=O) groups excluding carboxylic acids is 2. The van der Waals surface area contributed by atoms with E-state index in [0.717, 1.165) is 23.3 Å². The van der Waals surface area contributed by atoms with Crippen LogP contribution in [-0.4, -0.2) is 25.6 Å². The van der Waals surface area contributed by atoms with E-state index in [1.807, 2.05) is 41.8 Å². The maximum atomic E-state index is 12.6. The van der Waals surface area contributed by atoms with Gasteiger partial charge in [-0.25, -0.2) is 4.79 Å². The van der Waals surface area contributed by atoms with Crippen LogP contribution < -0.4 is 10.1 Å². The Kier molecular flexibility index (Phi) is 8.88. The van der Waals surface area contributed by atoms with Gasteiger partial charge in [-0.2, -0.15) is 0 Å². The molecule has 0 unspecified atom stereocenters. The Hall–Kier alpha value is -3.12. The topological polar surface area (TPSA) is 64.6 Å². The standard InChI is InChI=1S/C28H33NO4S/c1-6-20-9-11-21(12-10-20)24-17-34-27(26(24)28(31)32-5)29-25(30)8-7-15-33-22-13-14-23(18(2)3)19(4)16-22/h9-14,16-18H,6-8,15H2,1-5H3,(H,29,30). The van der Waals surface area contributed by atoms with Crippen molar-refractivity contribution in [1.82, 2.24) is 0 Å². The second-order valence-electron chi connectivity index (χ2n) is 8.57. The van der Waals surface area contributed by atoms with Gasteiger partial charge in [-0.3, -0.25) is 4.79 Å². The van der Waals surface area contributed by atoms with Gasteiger partial charge in [-0.1, -0.05) is 51.1 Å². The van der Waals surface area contributed by atoms with Crippen LogP contribution in [0, 0.1) is 6.92 Å². The van der Waals surface area contributed by atoms with Crippen LogP contribution in [0.3, 0.4) is 0 Å². The summed E-state index contributed by atoms with van der Waals surface area (Å²) in [6, 6.07) is 14.2. The summed E-state index contributed by atoms with van der Waals surface area (Å²) in [6.07, 6.45) is 1.81. The number of nitrogens with one attached hydrogen (secondary N) is 1. The molecule has 6 heteroatoms. The van der Waals surface area contributed by atoms with E-state index in [0.29, 0.717) is 35.9 Å². The minimum atomic E-state index is -0.463. The van der Waals surface area contributed by atoms with E-state index >= 15 is 0 Å². The van der Waals surface area contributed by atoms with Crippen LogP contribution in [0.5, 0.6) is 5.75 Å². The molecule has 0 saturated carbocycles. The lowest BCUT2D eigenvalue weighted by molar-refractivity contribution is -0.116. The molecule has 180 valence electrons. The van der Waals surface area contributed by atoms with Crippen LogP contribution in [0.15, 0.2) is 47.8 Å². The van der Waals surface area contributed by atoms with Crippen molar-refractivity contribution in [1.29, 1.82) is 0 Å². The Morgan fingerprint density at radius 3 is 2.44 bits per heavy atom. The second kappa shape index (κ2) is 11.8. The predicted molar refractivity (Wildman–Crippen MR) is 139 cm³/mol. The number of rotatable bonds is 10. The van der Waals surface area contributed by atoms with E-state index in [-0.39, 0.29) is 5.91 Å². The minimum Gasteiger partial charge on any atom is -0.494 e. The van der Waals surface area contributed by atoms with Crippen molar-refractivity contribution in [2.75, 3.05) is 19.0 Å². The van der Waals surface area contributed by atoms with Crippen LogP contribution >= 0.6 is 11.3 Å². The Morgan fingerprint density at radius 1 is 1.09 bits per heavy atom. The van der Waals surface area contributed by atoms with Crippen molar-refractivity contribution < 1.29 is 19.1 Å². The van der Waals surface area contributed by atoms with Crippen molar-refractivity contribution in [2.24, 2.45) is 0 Å². The molecule has 34 heavy (non-hydrogen) atoms. The number of hydrogen-bond acceptors (Lipinski definition) is 5. The normalized spacial score (nSPS) is 10.9. The van der Waals surface area contributed by atoms with E-state index in [9.17, 15) is 9.59 Å². The van der Waals surface area contributed by atoms with E-state index in [1.54, 1.807) is 0 Å². The molecule has 0 saturated heterocycles. The maximum absolute atomic E-state index is 12.6. The van der Waals surface area contributed by atoms with Gasteiger partial charge >= 0.3 is 5.97 Å². The molecular weight excluding hydrogens is 446 g/mol. The third-order valence-electron chi connectivity index (χ3n) is 5.79. The summed E-state index contributed by atoms with van der Waals surface area (Å²) in [5, 5.41) is 5.28. The fourth-order valence-corrected chi connectivity index (χ4v) is 4.86. The Balaban J connectivity index is 1.60. The second-order valence-corrected chi connectivity index (χ2v) is 9.45. The summed E-state index contributed by atoms with van der Waals surface area (Å²) >= 11 is 1.33. The molecular formula is C28H33NO4S. The van der Waals surface area contributed by atoms with E-state index < -0.39 is 5.97 Å². The fourth-order valence-electron chi connectivity index (χ4n) is 3.88. The lowest BCUT2D eigenvalue weighted by Gasteiger charge is -2.12. The van der Waals surface area contributed by atoms with Crippen LogP contribution in [0.1, 0.15) is 66.6 Å². The number of esters is 1. The molecule has 0 aliphatic heterocycles. The first-order chi connectivity index (χ1) is 16.3. The molecule has 0 bridgehead atoms. The molecule has 0 fully saturated rings. The van der Waals surface area contributed by atoms with Crippen LogP contribution in [-0.2, 0) is 16.0 Å². The third kappa shape index (κ3) is 6.26. The molecule has 3 rings (SSSR count). The number of carbonyl (C=O) groups is 2. The van der Waals surface area contributed by atoms with Crippen molar-refractivity contribution in [3.05, 3.63) is 70.1 Å². The minimum absolute atomic E-state index is 0.158. The summed E-state index contributed by atoms with van der Waals surface area (Å²) in [6.45, 7) is 8.97. The summed E-state index contributed by atoms with van der Waals surface area (Å²) in [7, 11) is 1.35. The number of hydrogen-bond donors (Lipinski definition) is 1. The summed E-state index contributed by atoms with van der Waals surface area (Å²) in [4.78, 5) is 25.1. The van der Waals surface area contributed by atoms with E-state index in [4.69, 9.17) is 9.47 Å². The van der Waals surface area contributed by atoms with Gasteiger partial charge in [0.2, 0.25) is 5.91 Å². The first-order valence-corrected chi connectivity index (χ1v) is 12.5. The van der Waals surface area contributed by atoms with Crippen molar-refractivity contribution in [2.45, 2.75) is 52.9 Å². The van der Waals surface area contributed by atoms with E-state index in [1.165, 1.54) is 35.1 Å². The molecule has 0 radical (unpaired) electrons. The fraction of sp³-hybridized carbons (Fsp3) is 0.357. The van der Waals surface area contributed by atoms with Crippen molar-refractivity contribution in [3.63, 3.8) is 0 Å². The molecule has 0 atom stereocenters. The van der Waals surface area contributed by atoms with Gasteiger partial charge in [0.25, 0.3) is 0 Å². The molecule has 1 amide bonds. The van der Waals surface area contributed by atoms with Crippen molar-refractivity contribution in [3.8, 4) is 16.9 Å². The monoisotopic (exact) mass is 479 g/mol. The number of methoxy groups -OCH3 is 1. The smallest absolute Gasteiger partial charge is 0.341 e. The Morgan fingerprint density at radius 2 is 1.82 bits per heavy atom. The molecule has 1 heterocycles. The van der Waals surface area contributed by atoms with Crippen LogP contribution in [0.4, 0.5) is 5.00 Å². The zero-order chi connectivity index (χ0) is 24.7. The SMILES string of the molecule is CCc1ccc(-c2csc(NC(=O)CCCOc3ccc(C(C)C)c(C)c3)c2C(=O)OC)cc1. The molecule has 5 nitrogen and oxygen atoms in total. The highest BCUT2D eigenvalue weighted by atomic mass is 32.1. The number of aryl methyl sites for hydroxylation is 2. The predicted octanol–water partition coefficient (Wildman–Crippen LogP) is 6.99. The van der Waals surface area contributed by atoms with Gasteiger partial charge in [-0.15, -0.1) is 11.3 Å². The average molecular weight is 480 g/mol. The Labute approximate surface area is 206 Å². The number of anilines is 1. The highest BCUT2D eigenvalue weighted by Gasteiger charge is 2.22. The van der Waals surface area contributed by atoms with Crippen LogP contribution in [0.2, 0.25) is 0 Å². The number of ether oxygens (including phenoxy) is 2. The highest BCUT2D eigenvalue weighted by Crippen LogP contribution is 2.36. The zero-order valence-electron chi connectivity index (χ0n) is 20.6. The first kappa shape index (κ1) is 25.5. The lowest BCUT2D eigenvalue weighted by atomic mass is 9.98.